The number of carbonyl (C=O) groups excluding carboxylic acids is 1. The fraction of sp³-hybridized carbons (Fsp3) is 0.333. The van der Waals surface area contributed by atoms with Crippen LogP contribution in [-0.2, 0) is 11.2 Å². The molecule has 4 heteroatoms. The monoisotopic (exact) mass is 217 g/mol. The first-order chi connectivity index (χ1) is 7.61. The molecule has 1 amide bonds. The summed E-state index contributed by atoms with van der Waals surface area (Å²) >= 11 is 0. The Kier molecular flexibility index (Phi) is 4.49. The van der Waals surface area contributed by atoms with Gasteiger partial charge in [-0.2, -0.15) is 5.26 Å². The maximum atomic E-state index is 10.7. The van der Waals surface area contributed by atoms with Gasteiger partial charge in [-0.05, 0) is 24.1 Å². The minimum Gasteiger partial charge on any atom is -0.355 e. The number of benzene rings is 1. The van der Waals surface area contributed by atoms with Gasteiger partial charge in [-0.15, -0.1) is 0 Å². The highest BCUT2D eigenvalue weighted by atomic mass is 16.1. The first kappa shape index (κ1) is 12.2. The van der Waals surface area contributed by atoms with Gasteiger partial charge in [0.25, 0.3) is 0 Å². The number of amides is 1. The van der Waals surface area contributed by atoms with E-state index < -0.39 is 0 Å². The van der Waals surface area contributed by atoms with Crippen molar-refractivity contribution in [3.05, 3.63) is 35.4 Å². The third-order valence-corrected chi connectivity index (χ3v) is 2.19. The van der Waals surface area contributed by atoms with E-state index in [2.05, 4.69) is 11.4 Å². The number of hydrogen-bond acceptors (Lipinski definition) is 3. The second-order valence-corrected chi connectivity index (χ2v) is 3.71. The minimum atomic E-state index is -0.100. The van der Waals surface area contributed by atoms with Crippen LogP contribution in [0.2, 0.25) is 0 Å². The van der Waals surface area contributed by atoms with Crippen molar-refractivity contribution >= 4 is 5.91 Å². The van der Waals surface area contributed by atoms with Crippen LogP contribution in [0.3, 0.4) is 0 Å². The number of nitrogens with two attached hydrogens (primary N) is 1. The molecule has 0 spiro atoms. The lowest BCUT2D eigenvalue weighted by Gasteiger charge is -2.11. The minimum absolute atomic E-state index is 0.0738. The first-order valence-corrected chi connectivity index (χ1v) is 5.11. The zero-order valence-corrected chi connectivity index (χ0v) is 9.23. The summed E-state index contributed by atoms with van der Waals surface area (Å²) in [6, 6.07) is 9.25. The molecule has 0 saturated carbocycles. The molecule has 0 unspecified atom stereocenters. The predicted molar refractivity (Wildman–Crippen MR) is 61.5 cm³/mol. The Morgan fingerprint density at radius 1 is 1.50 bits per heavy atom. The normalized spacial score (nSPS) is 11.6. The molecule has 3 N–H and O–H groups in total. The lowest BCUT2D eigenvalue weighted by Crippen LogP contribution is -2.37. The number of nitrogens with zero attached hydrogens (tertiary/aromatic N) is 1. The van der Waals surface area contributed by atoms with E-state index in [1.54, 1.807) is 12.1 Å². The molecular formula is C12H15N3O. The zero-order valence-electron chi connectivity index (χ0n) is 9.23. The van der Waals surface area contributed by atoms with Crippen molar-refractivity contribution in [2.45, 2.75) is 19.4 Å². The zero-order chi connectivity index (χ0) is 12.0. The Hall–Kier alpha value is -1.86. The van der Waals surface area contributed by atoms with Gasteiger partial charge in [0.2, 0.25) is 5.91 Å². The van der Waals surface area contributed by atoms with Crippen molar-refractivity contribution in [3.63, 3.8) is 0 Å². The summed E-state index contributed by atoms with van der Waals surface area (Å²) in [6.45, 7) is 1.93. The second-order valence-electron chi connectivity index (χ2n) is 3.71. The van der Waals surface area contributed by atoms with E-state index in [0.717, 1.165) is 5.56 Å². The van der Waals surface area contributed by atoms with E-state index in [4.69, 9.17) is 11.0 Å². The van der Waals surface area contributed by atoms with Crippen molar-refractivity contribution < 1.29 is 4.79 Å². The summed E-state index contributed by atoms with van der Waals surface area (Å²) < 4.78 is 0. The summed E-state index contributed by atoms with van der Waals surface area (Å²) in [5.74, 6) is -0.0738. The molecule has 0 fully saturated rings. The molecule has 0 radical (unpaired) electrons. The van der Waals surface area contributed by atoms with Gasteiger partial charge < -0.3 is 11.1 Å². The molecular weight excluding hydrogens is 202 g/mol. The molecule has 0 saturated heterocycles. The van der Waals surface area contributed by atoms with Crippen LogP contribution < -0.4 is 11.1 Å². The fourth-order valence-electron chi connectivity index (χ4n) is 1.37. The molecule has 4 nitrogen and oxygen atoms in total. The highest BCUT2D eigenvalue weighted by molar-refractivity contribution is 5.72. The van der Waals surface area contributed by atoms with E-state index in [0.29, 0.717) is 18.5 Å². The highest BCUT2D eigenvalue weighted by Gasteiger charge is 2.04. The van der Waals surface area contributed by atoms with Crippen LogP contribution in [0, 0.1) is 11.3 Å². The molecule has 1 atom stereocenters. The molecule has 0 aliphatic carbocycles. The molecule has 1 aromatic rings. The van der Waals surface area contributed by atoms with Gasteiger partial charge in [0, 0.05) is 19.5 Å². The lowest BCUT2D eigenvalue weighted by molar-refractivity contribution is -0.119. The van der Waals surface area contributed by atoms with Gasteiger partial charge in [0.05, 0.1) is 11.6 Å². The van der Waals surface area contributed by atoms with Crippen LogP contribution in [0.25, 0.3) is 0 Å². The maximum Gasteiger partial charge on any atom is 0.216 e. The largest absolute Gasteiger partial charge is 0.355 e. The standard InChI is InChI=1S/C12H15N3O/c1-9(16)15-8-12(14)6-10-2-4-11(7-13)5-3-10/h2-5,12H,6,8,14H2,1H3,(H,15,16)/t12-/m1/s1. The van der Waals surface area contributed by atoms with Crippen LogP contribution in [0.4, 0.5) is 0 Å². The highest BCUT2D eigenvalue weighted by Crippen LogP contribution is 2.05. The van der Waals surface area contributed by atoms with Crippen molar-refractivity contribution in [2.24, 2.45) is 5.73 Å². The molecule has 0 heterocycles. The van der Waals surface area contributed by atoms with Crippen LogP contribution in [0.15, 0.2) is 24.3 Å². The average Bonchev–Trinajstić information content (AvgIpc) is 2.27. The summed E-state index contributed by atoms with van der Waals surface area (Å²) in [7, 11) is 0. The van der Waals surface area contributed by atoms with Crippen LogP contribution in [-0.4, -0.2) is 18.5 Å². The van der Waals surface area contributed by atoms with Crippen molar-refractivity contribution in [3.8, 4) is 6.07 Å². The molecule has 1 rings (SSSR count). The number of rotatable bonds is 4. The maximum absolute atomic E-state index is 10.7. The Morgan fingerprint density at radius 2 is 2.12 bits per heavy atom. The molecule has 1 aromatic carbocycles. The van der Waals surface area contributed by atoms with E-state index >= 15 is 0 Å². The average molecular weight is 217 g/mol. The third-order valence-electron chi connectivity index (χ3n) is 2.19. The van der Waals surface area contributed by atoms with Crippen LogP contribution >= 0.6 is 0 Å². The third kappa shape index (κ3) is 4.11. The van der Waals surface area contributed by atoms with Gasteiger partial charge in [-0.3, -0.25) is 4.79 Å². The fourth-order valence-corrected chi connectivity index (χ4v) is 1.37. The Morgan fingerprint density at radius 3 is 2.62 bits per heavy atom. The molecule has 0 aromatic heterocycles. The molecule has 16 heavy (non-hydrogen) atoms. The molecule has 0 aliphatic rings. The number of nitriles is 1. The number of hydrogen-bond donors (Lipinski definition) is 2. The summed E-state index contributed by atoms with van der Waals surface area (Å²) in [6.07, 6.45) is 0.686. The van der Waals surface area contributed by atoms with Gasteiger partial charge in [-0.25, -0.2) is 0 Å². The quantitative estimate of drug-likeness (QED) is 0.773. The summed E-state index contributed by atoms with van der Waals surface area (Å²) in [4.78, 5) is 10.7. The number of nitrogens with one attached hydrogen (secondary N) is 1. The van der Waals surface area contributed by atoms with Crippen molar-refractivity contribution in [1.29, 1.82) is 5.26 Å². The SMILES string of the molecule is CC(=O)NC[C@H](N)Cc1ccc(C#N)cc1. The Bertz CT molecular complexity index is 392. The predicted octanol–water partition coefficient (Wildman–Crippen LogP) is 0.564. The topological polar surface area (TPSA) is 78.9 Å². The van der Waals surface area contributed by atoms with Crippen molar-refractivity contribution in [1.82, 2.24) is 5.32 Å². The van der Waals surface area contributed by atoms with Crippen LogP contribution in [0.1, 0.15) is 18.1 Å². The van der Waals surface area contributed by atoms with Gasteiger partial charge in [-0.1, -0.05) is 12.1 Å². The van der Waals surface area contributed by atoms with Crippen molar-refractivity contribution in [2.75, 3.05) is 6.54 Å². The van der Waals surface area contributed by atoms with Gasteiger partial charge >= 0.3 is 0 Å². The molecule has 0 bridgehead atoms. The Balaban J connectivity index is 2.47. The smallest absolute Gasteiger partial charge is 0.216 e. The summed E-state index contributed by atoms with van der Waals surface area (Å²) in [5, 5.41) is 11.3. The molecule has 84 valence electrons. The second kappa shape index (κ2) is 5.89. The van der Waals surface area contributed by atoms with E-state index in [-0.39, 0.29) is 11.9 Å². The molecule has 0 aliphatic heterocycles. The lowest BCUT2D eigenvalue weighted by atomic mass is 10.1. The Labute approximate surface area is 95.1 Å². The van der Waals surface area contributed by atoms with E-state index in [1.165, 1.54) is 6.92 Å². The van der Waals surface area contributed by atoms with E-state index in [1.807, 2.05) is 12.1 Å². The van der Waals surface area contributed by atoms with Crippen LogP contribution in [0.5, 0.6) is 0 Å². The van der Waals surface area contributed by atoms with E-state index in [9.17, 15) is 4.79 Å². The van der Waals surface area contributed by atoms with Gasteiger partial charge in [0.15, 0.2) is 0 Å². The first-order valence-electron chi connectivity index (χ1n) is 5.11. The summed E-state index contributed by atoms with van der Waals surface area (Å²) in [5.41, 5.74) is 7.55. The number of carbonyl (C=O) groups is 1. The van der Waals surface area contributed by atoms with Gasteiger partial charge in [0.1, 0.15) is 0 Å².